The summed E-state index contributed by atoms with van der Waals surface area (Å²) in [6.07, 6.45) is 1.12. The fourth-order valence-electron chi connectivity index (χ4n) is 2.02. The third-order valence-corrected chi connectivity index (χ3v) is 4.29. The van der Waals surface area contributed by atoms with Gasteiger partial charge >= 0.3 is 0 Å². The Hall–Kier alpha value is -1.60. The molecule has 20 heavy (non-hydrogen) atoms. The largest absolute Gasteiger partial charge is 0.495 e. The van der Waals surface area contributed by atoms with Crippen molar-refractivity contribution in [3.05, 3.63) is 23.8 Å². The highest BCUT2D eigenvalue weighted by molar-refractivity contribution is 7.89. The second kappa shape index (κ2) is 5.41. The van der Waals surface area contributed by atoms with Crippen LogP contribution >= 0.6 is 0 Å². The van der Waals surface area contributed by atoms with Gasteiger partial charge < -0.3 is 10.1 Å². The highest BCUT2D eigenvalue weighted by Crippen LogP contribution is 2.29. The summed E-state index contributed by atoms with van der Waals surface area (Å²) in [5, 5.41) is 8.02. The summed E-state index contributed by atoms with van der Waals surface area (Å²) in [5.74, 6) is 0.576. The second-order valence-corrected chi connectivity index (χ2v) is 6.62. The van der Waals surface area contributed by atoms with Crippen molar-refractivity contribution in [2.75, 3.05) is 7.11 Å². The minimum absolute atomic E-state index is 0.106. The zero-order chi connectivity index (χ0) is 14.9. The number of ether oxygens (including phenoxy) is 1. The van der Waals surface area contributed by atoms with E-state index in [9.17, 15) is 13.2 Å². The van der Waals surface area contributed by atoms with Crippen LogP contribution in [0.15, 0.2) is 23.1 Å². The minimum atomic E-state index is -3.88. The summed E-state index contributed by atoms with van der Waals surface area (Å²) in [5.41, 5.74) is 0.584. The molecule has 1 aliphatic rings. The number of nitrogens with two attached hydrogens (primary N) is 1. The molecule has 1 amide bonds. The molecule has 0 aliphatic heterocycles. The van der Waals surface area contributed by atoms with Gasteiger partial charge in [-0.05, 0) is 30.0 Å². The van der Waals surface area contributed by atoms with Crippen molar-refractivity contribution < 1.29 is 17.9 Å². The zero-order valence-electron chi connectivity index (χ0n) is 11.4. The van der Waals surface area contributed by atoms with Crippen molar-refractivity contribution in [3.63, 3.8) is 0 Å². The highest BCUT2D eigenvalue weighted by atomic mass is 32.2. The van der Waals surface area contributed by atoms with Crippen molar-refractivity contribution in [3.8, 4) is 5.75 Å². The minimum Gasteiger partial charge on any atom is -0.495 e. The quantitative estimate of drug-likeness (QED) is 0.822. The van der Waals surface area contributed by atoms with Crippen LogP contribution in [0.1, 0.15) is 18.9 Å². The van der Waals surface area contributed by atoms with Gasteiger partial charge in [0.2, 0.25) is 15.9 Å². The summed E-state index contributed by atoms with van der Waals surface area (Å²) in [6, 6.07) is 4.79. The number of hydrogen-bond acceptors (Lipinski definition) is 4. The number of benzene rings is 1. The van der Waals surface area contributed by atoms with Crippen LogP contribution in [0, 0.1) is 5.92 Å². The Balaban J connectivity index is 2.14. The van der Waals surface area contributed by atoms with Crippen molar-refractivity contribution in [2.24, 2.45) is 11.1 Å². The van der Waals surface area contributed by atoms with E-state index in [-0.39, 0.29) is 29.0 Å². The molecular weight excluding hydrogens is 280 g/mol. The average molecular weight is 298 g/mol. The lowest BCUT2D eigenvalue weighted by Crippen LogP contribution is -2.28. The summed E-state index contributed by atoms with van der Waals surface area (Å²) in [6.45, 7) is 2.07. The average Bonchev–Trinajstić information content (AvgIpc) is 3.03. The molecule has 0 radical (unpaired) electrons. The molecule has 0 aromatic heterocycles. The van der Waals surface area contributed by atoms with Crippen molar-refractivity contribution in [2.45, 2.75) is 30.7 Å². The summed E-state index contributed by atoms with van der Waals surface area (Å²) in [7, 11) is -2.51. The fraction of sp³-hybridized carbons (Fsp3) is 0.462. The number of carbonyl (C=O) groups is 1. The van der Waals surface area contributed by atoms with E-state index in [1.165, 1.54) is 19.2 Å². The summed E-state index contributed by atoms with van der Waals surface area (Å²) < 4.78 is 27.9. The first-order valence-corrected chi connectivity index (χ1v) is 7.85. The van der Waals surface area contributed by atoms with Gasteiger partial charge in [0.05, 0.1) is 13.5 Å². The van der Waals surface area contributed by atoms with Gasteiger partial charge in [-0.1, -0.05) is 13.0 Å². The number of hydrogen-bond donors (Lipinski definition) is 2. The molecule has 0 heterocycles. The molecule has 1 saturated carbocycles. The normalized spacial score (nSPS) is 21.4. The predicted octanol–water partition coefficient (Wildman–Crippen LogP) is 0.410. The van der Waals surface area contributed by atoms with Crippen LogP contribution in [0.3, 0.4) is 0 Å². The van der Waals surface area contributed by atoms with Crippen LogP contribution in [0.2, 0.25) is 0 Å². The second-order valence-electron chi connectivity index (χ2n) is 5.09. The molecule has 110 valence electrons. The number of methoxy groups -OCH3 is 1. The maximum Gasteiger partial charge on any atom is 0.241 e. The van der Waals surface area contributed by atoms with Crippen LogP contribution in [-0.2, 0) is 21.2 Å². The topological polar surface area (TPSA) is 98.5 Å². The molecule has 1 aromatic carbocycles. The number of rotatable bonds is 5. The van der Waals surface area contributed by atoms with Crippen molar-refractivity contribution in [1.29, 1.82) is 0 Å². The van der Waals surface area contributed by atoms with Crippen LogP contribution in [0.5, 0.6) is 5.75 Å². The first kappa shape index (κ1) is 14.8. The predicted molar refractivity (Wildman–Crippen MR) is 73.8 cm³/mol. The molecule has 6 nitrogen and oxygen atoms in total. The molecule has 1 fully saturated rings. The molecule has 2 atom stereocenters. The third kappa shape index (κ3) is 3.49. The maximum atomic E-state index is 11.8. The van der Waals surface area contributed by atoms with Gasteiger partial charge in [-0.3, -0.25) is 4.79 Å². The Morgan fingerprint density at radius 1 is 1.50 bits per heavy atom. The number of sulfonamides is 1. The SMILES string of the molecule is COc1ccc(CC(=O)NC2CC2C)cc1S(N)(=O)=O. The molecule has 0 saturated heterocycles. The van der Waals surface area contributed by atoms with Crippen LogP contribution in [-0.4, -0.2) is 27.5 Å². The summed E-state index contributed by atoms with van der Waals surface area (Å²) >= 11 is 0. The van der Waals surface area contributed by atoms with Crippen LogP contribution < -0.4 is 15.2 Å². The van der Waals surface area contributed by atoms with Gasteiger partial charge in [0, 0.05) is 6.04 Å². The Morgan fingerprint density at radius 2 is 2.15 bits per heavy atom. The van der Waals surface area contributed by atoms with E-state index >= 15 is 0 Å². The van der Waals surface area contributed by atoms with Crippen molar-refractivity contribution >= 4 is 15.9 Å². The van der Waals surface area contributed by atoms with E-state index in [1.54, 1.807) is 6.07 Å². The third-order valence-electron chi connectivity index (χ3n) is 3.36. The molecule has 7 heteroatoms. The van der Waals surface area contributed by atoms with E-state index in [4.69, 9.17) is 9.88 Å². The molecule has 2 rings (SSSR count). The van der Waals surface area contributed by atoms with Crippen molar-refractivity contribution in [1.82, 2.24) is 5.32 Å². The standard InChI is InChI=1S/C13H18N2O4S/c1-8-5-10(8)15-13(16)7-9-3-4-11(19-2)12(6-9)20(14,17)18/h3-4,6,8,10H,5,7H2,1-2H3,(H,15,16)(H2,14,17,18). The molecule has 1 aliphatic carbocycles. The molecule has 0 bridgehead atoms. The number of amides is 1. The van der Waals surface area contributed by atoms with Gasteiger partial charge in [0.15, 0.2) is 0 Å². The lowest BCUT2D eigenvalue weighted by Gasteiger charge is -2.09. The van der Waals surface area contributed by atoms with E-state index in [1.807, 2.05) is 0 Å². The van der Waals surface area contributed by atoms with Crippen LogP contribution in [0.4, 0.5) is 0 Å². The first-order chi connectivity index (χ1) is 9.31. The van der Waals surface area contributed by atoms with E-state index in [0.717, 1.165) is 6.42 Å². The first-order valence-electron chi connectivity index (χ1n) is 6.30. The van der Waals surface area contributed by atoms with Crippen LogP contribution in [0.25, 0.3) is 0 Å². The van der Waals surface area contributed by atoms with E-state index < -0.39 is 10.0 Å². The number of primary sulfonamides is 1. The lowest BCUT2D eigenvalue weighted by atomic mass is 10.1. The van der Waals surface area contributed by atoms with E-state index in [2.05, 4.69) is 12.2 Å². The monoisotopic (exact) mass is 298 g/mol. The lowest BCUT2D eigenvalue weighted by molar-refractivity contribution is -0.120. The van der Waals surface area contributed by atoms with Gasteiger partial charge in [0.25, 0.3) is 0 Å². The van der Waals surface area contributed by atoms with Gasteiger partial charge in [-0.25, -0.2) is 13.6 Å². The molecule has 2 unspecified atom stereocenters. The van der Waals surface area contributed by atoms with Gasteiger partial charge in [-0.2, -0.15) is 0 Å². The Bertz CT molecular complexity index is 627. The fourth-order valence-corrected chi connectivity index (χ4v) is 2.77. The molecular formula is C13H18N2O4S. The molecule has 3 N–H and O–H groups in total. The smallest absolute Gasteiger partial charge is 0.241 e. The summed E-state index contributed by atoms with van der Waals surface area (Å²) in [4.78, 5) is 11.7. The number of carbonyl (C=O) groups excluding carboxylic acids is 1. The number of nitrogens with one attached hydrogen (secondary N) is 1. The van der Waals surface area contributed by atoms with E-state index in [0.29, 0.717) is 11.5 Å². The maximum absolute atomic E-state index is 11.8. The zero-order valence-corrected chi connectivity index (χ0v) is 12.2. The van der Waals surface area contributed by atoms with Gasteiger partial charge in [0.1, 0.15) is 10.6 Å². The highest BCUT2D eigenvalue weighted by Gasteiger charge is 2.33. The van der Waals surface area contributed by atoms with Gasteiger partial charge in [-0.15, -0.1) is 0 Å². The Kier molecular flexibility index (Phi) is 4.01. The Morgan fingerprint density at radius 3 is 2.65 bits per heavy atom. The molecule has 0 spiro atoms. The Labute approximate surface area is 118 Å². The molecule has 1 aromatic rings.